The quantitative estimate of drug-likeness (QED) is 0.799. The van der Waals surface area contributed by atoms with E-state index < -0.39 is 5.82 Å². The summed E-state index contributed by atoms with van der Waals surface area (Å²) in [6.45, 7) is 4.06. The molecule has 2 aromatic rings. The molecule has 0 atom stereocenters. The number of rotatable bonds is 4. The van der Waals surface area contributed by atoms with E-state index >= 15 is 0 Å². The molecule has 0 bridgehead atoms. The summed E-state index contributed by atoms with van der Waals surface area (Å²) >= 11 is 0. The number of fused-ring (bicyclic) bond motifs is 1. The lowest BCUT2D eigenvalue weighted by molar-refractivity contribution is 0.0651. The standard InChI is InChI=1S/C21H29FN6O3/c1-13-16(22)11-18(20(24-13)30-4)26(3)19-15-12-27(21(29)23-2)8-5-17(15)28(25-19)14-6-9-31-10-7-14/h11,14H,5-10,12H2,1-4H3,(H,23,29). The van der Waals surface area contributed by atoms with Crippen LogP contribution in [0.3, 0.4) is 0 Å². The number of aryl methyl sites for hydroxylation is 1. The van der Waals surface area contributed by atoms with E-state index in [2.05, 4.69) is 15.0 Å². The Hall–Kier alpha value is -2.88. The molecule has 0 radical (unpaired) electrons. The highest BCUT2D eigenvalue weighted by Crippen LogP contribution is 2.38. The Kier molecular flexibility index (Phi) is 5.99. The number of pyridine rings is 1. The first kappa shape index (κ1) is 21.4. The molecule has 1 fully saturated rings. The van der Waals surface area contributed by atoms with Crippen LogP contribution >= 0.6 is 0 Å². The molecule has 168 valence electrons. The summed E-state index contributed by atoms with van der Waals surface area (Å²) in [5.41, 5.74) is 2.84. The average Bonchev–Trinajstić information content (AvgIpc) is 3.19. The van der Waals surface area contributed by atoms with Crippen molar-refractivity contribution in [2.45, 2.75) is 38.8 Å². The Morgan fingerprint density at radius 3 is 2.81 bits per heavy atom. The first-order chi connectivity index (χ1) is 14.9. The number of methoxy groups -OCH3 is 1. The zero-order chi connectivity index (χ0) is 22.1. The fourth-order valence-corrected chi connectivity index (χ4v) is 4.31. The number of nitrogens with one attached hydrogen (secondary N) is 1. The van der Waals surface area contributed by atoms with E-state index in [1.54, 1.807) is 23.8 Å². The number of amides is 2. The number of hydrogen-bond donors (Lipinski definition) is 1. The van der Waals surface area contributed by atoms with Crippen LogP contribution in [-0.2, 0) is 17.7 Å². The first-order valence-electron chi connectivity index (χ1n) is 10.5. The second-order valence-electron chi connectivity index (χ2n) is 7.91. The van der Waals surface area contributed by atoms with Gasteiger partial charge < -0.3 is 24.6 Å². The lowest BCUT2D eigenvalue weighted by Crippen LogP contribution is -2.41. The number of aromatic nitrogens is 3. The lowest BCUT2D eigenvalue weighted by atomic mass is 10.0. The van der Waals surface area contributed by atoms with E-state index in [1.165, 1.54) is 13.2 Å². The number of ether oxygens (including phenoxy) is 2. The minimum atomic E-state index is -0.410. The van der Waals surface area contributed by atoms with Gasteiger partial charge in [-0.3, -0.25) is 4.68 Å². The molecule has 2 amide bonds. The van der Waals surface area contributed by atoms with Gasteiger partial charge in [-0.05, 0) is 19.8 Å². The van der Waals surface area contributed by atoms with E-state index in [-0.39, 0.29) is 17.8 Å². The Labute approximate surface area is 181 Å². The van der Waals surface area contributed by atoms with E-state index in [0.717, 1.165) is 24.1 Å². The van der Waals surface area contributed by atoms with Crippen molar-refractivity contribution in [2.75, 3.05) is 45.9 Å². The smallest absolute Gasteiger partial charge is 0.317 e. The van der Waals surface area contributed by atoms with Gasteiger partial charge in [-0.1, -0.05) is 0 Å². The Bertz CT molecular complexity index is 973. The molecule has 1 saturated heterocycles. The Balaban J connectivity index is 1.79. The number of anilines is 2. The average molecular weight is 433 g/mol. The molecule has 2 aromatic heterocycles. The van der Waals surface area contributed by atoms with Gasteiger partial charge in [0.2, 0.25) is 5.88 Å². The highest BCUT2D eigenvalue weighted by atomic mass is 19.1. The molecule has 0 spiro atoms. The van der Waals surface area contributed by atoms with Gasteiger partial charge in [0.05, 0.1) is 25.4 Å². The van der Waals surface area contributed by atoms with E-state index in [1.807, 2.05) is 7.05 Å². The number of hydrogen-bond acceptors (Lipinski definition) is 6. The fourth-order valence-electron chi connectivity index (χ4n) is 4.31. The molecule has 31 heavy (non-hydrogen) atoms. The molecule has 4 heterocycles. The maximum Gasteiger partial charge on any atom is 0.317 e. The van der Waals surface area contributed by atoms with Gasteiger partial charge in [-0.15, -0.1) is 0 Å². The number of carbonyl (C=O) groups excluding carboxylic acids is 1. The van der Waals surface area contributed by atoms with Crippen molar-refractivity contribution in [3.63, 3.8) is 0 Å². The van der Waals surface area contributed by atoms with Gasteiger partial charge in [0.25, 0.3) is 0 Å². The molecule has 2 aliphatic heterocycles. The molecule has 4 rings (SSSR count). The van der Waals surface area contributed by atoms with Crippen LogP contribution in [0.1, 0.15) is 35.8 Å². The third kappa shape index (κ3) is 3.91. The van der Waals surface area contributed by atoms with Crippen molar-refractivity contribution >= 4 is 17.5 Å². The van der Waals surface area contributed by atoms with Gasteiger partial charge >= 0.3 is 6.03 Å². The molecule has 0 aliphatic carbocycles. The van der Waals surface area contributed by atoms with Crippen LogP contribution in [0.15, 0.2) is 6.07 Å². The molecule has 9 nitrogen and oxygen atoms in total. The van der Waals surface area contributed by atoms with Gasteiger partial charge in [0, 0.05) is 57.6 Å². The SMILES string of the molecule is CNC(=O)N1CCc2c(c(N(C)c3cc(F)c(C)nc3OC)nn2C2CCOCC2)C1. The summed E-state index contributed by atoms with van der Waals surface area (Å²) < 4.78 is 27.4. The fraction of sp³-hybridized carbons (Fsp3) is 0.571. The van der Waals surface area contributed by atoms with E-state index in [9.17, 15) is 9.18 Å². The summed E-state index contributed by atoms with van der Waals surface area (Å²) in [4.78, 5) is 20.1. The van der Waals surface area contributed by atoms with Crippen molar-refractivity contribution in [3.05, 3.63) is 28.8 Å². The molecule has 0 unspecified atom stereocenters. The van der Waals surface area contributed by atoms with Gasteiger partial charge in [0.1, 0.15) is 11.5 Å². The third-order valence-corrected chi connectivity index (χ3v) is 6.07. The number of urea groups is 1. The minimum Gasteiger partial charge on any atom is -0.480 e. The molecule has 0 saturated carbocycles. The summed E-state index contributed by atoms with van der Waals surface area (Å²) in [6, 6.07) is 1.53. The van der Waals surface area contributed by atoms with Gasteiger partial charge in [-0.25, -0.2) is 14.2 Å². The van der Waals surface area contributed by atoms with Crippen molar-refractivity contribution < 1.29 is 18.7 Å². The van der Waals surface area contributed by atoms with E-state index in [4.69, 9.17) is 14.6 Å². The summed E-state index contributed by atoms with van der Waals surface area (Å²) in [5, 5.41) is 7.66. The number of halogens is 1. The van der Waals surface area contributed by atoms with Crippen LogP contribution in [0.25, 0.3) is 0 Å². The van der Waals surface area contributed by atoms with Crippen molar-refractivity contribution in [1.29, 1.82) is 0 Å². The molecule has 10 heteroatoms. The molecular formula is C21H29FN6O3. The van der Waals surface area contributed by atoms with Crippen molar-refractivity contribution in [3.8, 4) is 5.88 Å². The van der Waals surface area contributed by atoms with Crippen LogP contribution in [0, 0.1) is 12.7 Å². The summed E-state index contributed by atoms with van der Waals surface area (Å²) in [5.74, 6) is 0.598. The first-order valence-corrected chi connectivity index (χ1v) is 10.5. The maximum atomic E-state index is 14.4. The highest BCUT2D eigenvalue weighted by Gasteiger charge is 2.32. The van der Waals surface area contributed by atoms with Crippen LogP contribution in [0.5, 0.6) is 5.88 Å². The molecular weight excluding hydrogens is 403 g/mol. The predicted octanol–water partition coefficient (Wildman–Crippen LogP) is 2.55. The molecule has 2 aliphatic rings. The van der Waals surface area contributed by atoms with Crippen LogP contribution < -0.4 is 15.0 Å². The predicted molar refractivity (Wildman–Crippen MR) is 113 cm³/mol. The highest BCUT2D eigenvalue weighted by molar-refractivity contribution is 5.75. The topological polar surface area (TPSA) is 84.8 Å². The van der Waals surface area contributed by atoms with Crippen LogP contribution in [0.4, 0.5) is 20.7 Å². The Morgan fingerprint density at radius 1 is 1.39 bits per heavy atom. The summed E-state index contributed by atoms with van der Waals surface area (Å²) in [6.07, 6.45) is 2.49. The largest absolute Gasteiger partial charge is 0.480 e. The monoisotopic (exact) mass is 432 g/mol. The zero-order valence-electron chi connectivity index (χ0n) is 18.4. The number of carbonyl (C=O) groups is 1. The third-order valence-electron chi connectivity index (χ3n) is 6.07. The normalized spacial score (nSPS) is 16.7. The minimum absolute atomic E-state index is 0.126. The maximum absolute atomic E-state index is 14.4. The Morgan fingerprint density at radius 2 is 2.13 bits per heavy atom. The lowest BCUT2D eigenvalue weighted by Gasteiger charge is -2.30. The zero-order valence-corrected chi connectivity index (χ0v) is 18.4. The second-order valence-corrected chi connectivity index (χ2v) is 7.91. The van der Waals surface area contributed by atoms with Gasteiger partial charge in [-0.2, -0.15) is 5.10 Å². The summed E-state index contributed by atoms with van der Waals surface area (Å²) in [7, 11) is 4.96. The molecule has 1 N–H and O–H groups in total. The van der Waals surface area contributed by atoms with Crippen LogP contribution in [-0.4, -0.2) is 66.7 Å². The van der Waals surface area contributed by atoms with Crippen molar-refractivity contribution in [1.82, 2.24) is 25.0 Å². The van der Waals surface area contributed by atoms with Crippen molar-refractivity contribution in [2.24, 2.45) is 0 Å². The van der Waals surface area contributed by atoms with E-state index in [0.29, 0.717) is 50.1 Å². The van der Waals surface area contributed by atoms with Gasteiger partial charge in [0.15, 0.2) is 5.82 Å². The second kappa shape index (κ2) is 8.70. The van der Waals surface area contributed by atoms with Crippen LogP contribution in [0.2, 0.25) is 0 Å². The number of nitrogens with zero attached hydrogens (tertiary/aromatic N) is 5. The molecule has 0 aromatic carbocycles.